The number of rotatable bonds is 7. The zero-order chi connectivity index (χ0) is 41.9. The number of halogens is 2. The third-order valence-corrected chi connectivity index (χ3v) is 10.8. The number of fused-ring (bicyclic) bond motifs is 2. The molecule has 6 amide bonds. The Bertz CT molecular complexity index is 1880. The molecule has 3 saturated heterocycles. The normalized spacial score (nSPS) is 28.0. The molecule has 0 bridgehead atoms. The van der Waals surface area contributed by atoms with Gasteiger partial charge in [0.05, 0.1) is 12.5 Å². The predicted molar refractivity (Wildman–Crippen MR) is 200 cm³/mol. The van der Waals surface area contributed by atoms with Gasteiger partial charge < -0.3 is 40.5 Å². The van der Waals surface area contributed by atoms with Gasteiger partial charge in [-0.2, -0.15) is 0 Å². The fraction of sp³-hybridized carbons (Fsp3) is 0.525. The van der Waals surface area contributed by atoms with E-state index in [1.54, 1.807) is 24.3 Å². The Balaban J connectivity index is 1.51. The SMILES string of the molecule is Cc1ccc(CC(=O)N[C@@H](Cc2cc(F)cc(F)c2)C(=O)N[C@@H]2C(=O)N3C[C@H](O)C[C@H]3C(=O)N(C)[C@@H](C)C(=O)N[C@@H](C)C(=O)N3C[C@H](C)C[C@H]3C(=O)O[C@H]2C)cc1. The molecule has 5 rings (SSSR count). The molecule has 17 heteroatoms. The molecule has 3 fully saturated rings. The van der Waals surface area contributed by atoms with Gasteiger partial charge in [-0.15, -0.1) is 0 Å². The number of aryl methyl sites for hydroxylation is 1. The molecular formula is C40H50F2N6O9. The molecule has 9 atom stereocenters. The highest BCUT2D eigenvalue weighted by Gasteiger charge is 2.47. The van der Waals surface area contributed by atoms with Gasteiger partial charge in [0.2, 0.25) is 35.4 Å². The van der Waals surface area contributed by atoms with Crippen molar-refractivity contribution < 1.29 is 52.2 Å². The minimum absolute atomic E-state index is 0.0101. The molecule has 3 aliphatic rings. The van der Waals surface area contributed by atoms with E-state index in [1.165, 1.54) is 32.7 Å². The van der Waals surface area contributed by atoms with E-state index in [9.17, 15) is 47.4 Å². The molecule has 0 saturated carbocycles. The average molecular weight is 797 g/mol. The van der Waals surface area contributed by atoms with Crippen molar-refractivity contribution in [2.45, 2.75) is 109 Å². The first-order chi connectivity index (χ1) is 26.8. The minimum Gasteiger partial charge on any atom is -0.458 e. The zero-order valence-corrected chi connectivity index (χ0v) is 32.8. The largest absolute Gasteiger partial charge is 0.458 e. The number of esters is 1. The number of benzene rings is 2. The molecule has 0 aliphatic carbocycles. The highest BCUT2D eigenvalue weighted by Crippen LogP contribution is 2.27. The first kappa shape index (κ1) is 42.7. The molecule has 0 unspecified atom stereocenters. The summed E-state index contributed by atoms with van der Waals surface area (Å²) in [6.45, 7) is 7.74. The average Bonchev–Trinajstić information content (AvgIpc) is 3.74. The monoisotopic (exact) mass is 796 g/mol. The Kier molecular flexibility index (Phi) is 13.3. The second-order valence-electron chi connectivity index (χ2n) is 15.5. The van der Waals surface area contributed by atoms with E-state index in [-0.39, 0.29) is 43.8 Å². The molecule has 4 N–H and O–H groups in total. The van der Waals surface area contributed by atoms with Gasteiger partial charge in [0, 0.05) is 39.0 Å². The number of aliphatic hydroxyl groups excluding tert-OH is 1. The van der Waals surface area contributed by atoms with Crippen LogP contribution in [0.3, 0.4) is 0 Å². The number of hydrogen-bond acceptors (Lipinski definition) is 9. The van der Waals surface area contributed by atoms with Crippen LogP contribution in [0.4, 0.5) is 8.78 Å². The summed E-state index contributed by atoms with van der Waals surface area (Å²) in [5.41, 5.74) is 1.58. The number of hydrogen-bond donors (Lipinski definition) is 4. The number of carbonyl (C=O) groups excluding carboxylic acids is 7. The quantitative estimate of drug-likeness (QED) is 0.289. The van der Waals surface area contributed by atoms with Crippen LogP contribution in [-0.4, -0.2) is 130 Å². The second kappa shape index (κ2) is 17.8. The molecule has 0 spiro atoms. The van der Waals surface area contributed by atoms with Crippen LogP contribution < -0.4 is 16.0 Å². The summed E-state index contributed by atoms with van der Waals surface area (Å²) in [6, 6.07) is 1.82. The minimum atomic E-state index is -1.73. The van der Waals surface area contributed by atoms with Crippen LogP contribution >= 0.6 is 0 Å². The number of likely N-dealkylation sites (N-methyl/N-ethyl adjacent to an activating group) is 1. The van der Waals surface area contributed by atoms with Crippen molar-refractivity contribution in [3.05, 3.63) is 70.8 Å². The molecule has 57 heavy (non-hydrogen) atoms. The summed E-state index contributed by atoms with van der Waals surface area (Å²) in [5, 5.41) is 18.5. The van der Waals surface area contributed by atoms with Crippen molar-refractivity contribution in [2.75, 3.05) is 20.1 Å². The van der Waals surface area contributed by atoms with Crippen LogP contribution in [0.2, 0.25) is 0 Å². The Labute approximate surface area is 329 Å². The van der Waals surface area contributed by atoms with Gasteiger partial charge in [-0.3, -0.25) is 28.8 Å². The predicted octanol–water partition coefficient (Wildman–Crippen LogP) is 0.524. The van der Waals surface area contributed by atoms with Crippen LogP contribution in [0.15, 0.2) is 42.5 Å². The summed E-state index contributed by atoms with van der Waals surface area (Å²) in [5.74, 6) is -7.38. The Morgan fingerprint density at radius 2 is 1.51 bits per heavy atom. The highest BCUT2D eigenvalue weighted by atomic mass is 19.1. The van der Waals surface area contributed by atoms with Gasteiger partial charge in [-0.25, -0.2) is 13.6 Å². The second-order valence-corrected chi connectivity index (χ2v) is 15.5. The van der Waals surface area contributed by atoms with E-state index in [1.807, 2.05) is 13.8 Å². The van der Waals surface area contributed by atoms with E-state index >= 15 is 0 Å². The van der Waals surface area contributed by atoms with E-state index < -0.39 is 108 Å². The lowest BCUT2D eigenvalue weighted by molar-refractivity contribution is -0.162. The van der Waals surface area contributed by atoms with Crippen LogP contribution in [0.5, 0.6) is 0 Å². The van der Waals surface area contributed by atoms with Crippen molar-refractivity contribution in [1.82, 2.24) is 30.7 Å². The van der Waals surface area contributed by atoms with Crippen molar-refractivity contribution >= 4 is 41.4 Å². The van der Waals surface area contributed by atoms with Crippen molar-refractivity contribution in [1.29, 1.82) is 0 Å². The summed E-state index contributed by atoms with van der Waals surface area (Å²) < 4.78 is 34.4. The molecule has 2 aromatic rings. The smallest absolute Gasteiger partial charge is 0.329 e. The van der Waals surface area contributed by atoms with Crippen molar-refractivity contribution in [3.8, 4) is 0 Å². The van der Waals surface area contributed by atoms with Gasteiger partial charge in [-0.05, 0) is 63.3 Å². The number of nitrogens with zero attached hydrogens (tertiary/aromatic N) is 3. The summed E-state index contributed by atoms with van der Waals surface area (Å²) in [7, 11) is 1.34. The maximum atomic E-state index is 14.6. The lowest BCUT2D eigenvalue weighted by atomic mass is 10.0. The zero-order valence-electron chi connectivity index (χ0n) is 32.8. The van der Waals surface area contributed by atoms with Crippen LogP contribution in [-0.2, 0) is 51.1 Å². The maximum absolute atomic E-state index is 14.6. The number of nitrogens with one attached hydrogen (secondary N) is 3. The first-order valence-electron chi connectivity index (χ1n) is 19.0. The third-order valence-electron chi connectivity index (χ3n) is 10.8. The summed E-state index contributed by atoms with van der Waals surface area (Å²) in [6.07, 6.45) is -3.22. The summed E-state index contributed by atoms with van der Waals surface area (Å²) in [4.78, 5) is 100. The standard InChI is InChI=1S/C40H50F2N6O9/c1-20-7-9-25(10-8-20)15-33(50)44-30(14-26-12-27(41)16-28(42)13-26)36(52)45-34-24(5)57-40(56)32-11-21(2)18-47(32)37(53)22(3)43-35(51)23(4)46(6)38(54)31-17-29(49)19-48(31)39(34)55/h7-10,12-13,16,21-24,29-32,34,49H,11,14-15,17-19H2,1-6H3,(H,43,51)(H,44,50)(H,45,52)/t21-,22+,23+,24+,29-,30+,31+,32+,34+/m1/s1. The number of carbonyl (C=O) groups is 7. The topological polar surface area (TPSA) is 195 Å². The van der Waals surface area contributed by atoms with E-state index in [0.717, 1.165) is 27.5 Å². The molecule has 308 valence electrons. The molecular weight excluding hydrogens is 746 g/mol. The molecule has 0 radical (unpaired) electrons. The lowest BCUT2D eigenvalue weighted by Crippen LogP contribution is -2.62. The molecule has 15 nitrogen and oxygen atoms in total. The van der Waals surface area contributed by atoms with Crippen molar-refractivity contribution in [3.63, 3.8) is 0 Å². The van der Waals surface area contributed by atoms with E-state index in [4.69, 9.17) is 4.74 Å². The Morgan fingerprint density at radius 3 is 2.16 bits per heavy atom. The number of ether oxygens (including phenoxy) is 1. The first-order valence-corrected chi connectivity index (χ1v) is 19.0. The fourth-order valence-electron chi connectivity index (χ4n) is 7.50. The lowest BCUT2D eigenvalue weighted by Gasteiger charge is -2.36. The highest BCUT2D eigenvalue weighted by molar-refractivity contribution is 5.98. The Morgan fingerprint density at radius 1 is 0.877 bits per heavy atom. The number of aliphatic hydroxyl groups is 1. The van der Waals surface area contributed by atoms with Crippen LogP contribution in [0.1, 0.15) is 57.2 Å². The van der Waals surface area contributed by atoms with Gasteiger partial charge >= 0.3 is 5.97 Å². The number of amides is 6. The van der Waals surface area contributed by atoms with Gasteiger partial charge in [0.25, 0.3) is 0 Å². The third kappa shape index (κ3) is 10.1. The van der Waals surface area contributed by atoms with E-state index in [0.29, 0.717) is 11.6 Å². The molecule has 3 aliphatic heterocycles. The summed E-state index contributed by atoms with van der Waals surface area (Å²) >= 11 is 0. The van der Waals surface area contributed by atoms with Gasteiger partial charge in [0.1, 0.15) is 54.0 Å². The molecule has 2 aromatic carbocycles. The number of cyclic esters (lactones) is 1. The van der Waals surface area contributed by atoms with Crippen LogP contribution in [0, 0.1) is 24.5 Å². The molecule has 3 heterocycles. The van der Waals surface area contributed by atoms with Gasteiger partial charge in [-0.1, -0.05) is 36.8 Å². The van der Waals surface area contributed by atoms with Crippen molar-refractivity contribution in [2.24, 2.45) is 5.92 Å². The maximum Gasteiger partial charge on any atom is 0.329 e. The van der Waals surface area contributed by atoms with Crippen LogP contribution in [0.25, 0.3) is 0 Å². The fourth-order valence-corrected chi connectivity index (χ4v) is 7.50. The molecule has 0 aromatic heterocycles. The van der Waals surface area contributed by atoms with Gasteiger partial charge in [0.15, 0.2) is 0 Å². The van der Waals surface area contributed by atoms with E-state index in [2.05, 4.69) is 16.0 Å². The Hall–Kier alpha value is -5.45.